The van der Waals surface area contributed by atoms with Crippen molar-refractivity contribution in [3.8, 4) is 0 Å². The van der Waals surface area contributed by atoms with Crippen LogP contribution in [-0.4, -0.2) is 0 Å². The Bertz CT molecular complexity index is 680. The van der Waals surface area contributed by atoms with Crippen LogP contribution in [0.25, 0.3) is 0 Å². The lowest BCUT2D eigenvalue weighted by Crippen LogP contribution is -2.13. The quantitative estimate of drug-likeness (QED) is 0.605. The van der Waals surface area contributed by atoms with Crippen LogP contribution in [0.1, 0.15) is 44.6 Å². The van der Waals surface area contributed by atoms with Gasteiger partial charge in [0.25, 0.3) is 0 Å². The number of rotatable bonds is 5. The smallest absolute Gasteiger partial charge is 0.0138 e. The van der Waals surface area contributed by atoms with Gasteiger partial charge in [0.1, 0.15) is 0 Å². The van der Waals surface area contributed by atoms with E-state index in [0.29, 0.717) is 5.92 Å². The summed E-state index contributed by atoms with van der Waals surface area (Å²) in [6.07, 6.45) is 10.6. The third kappa shape index (κ3) is 3.82. The minimum Gasteiger partial charge on any atom is -0.0836 e. The fraction of sp³-hybridized carbons (Fsp3) is 0.273. The van der Waals surface area contributed by atoms with E-state index in [4.69, 9.17) is 0 Å². The van der Waals surface area contributed by atoms with Crippen molar-refractivity contribution in [3.05, 3.63) is 83.7 Å². The van der Waals surface area contributed by atoms with Gasteiger partial charge in [-0.2, -0.15) is 0 Å². The molecule has 1 heteroatoms. The van der Waals surface area contributed by atoms with E-state index in [2.05, 4.69) is 86.7 Å². The summed E-state index contributed by atoms with van der Waals surface area (Å²) in [6, 6.07) is 20.3. The van der Waals surface area contributed by atoms with Crippen molar-refractivity contribution < 1.29 is 0 Å². The highest BCUT2D eigenvalue weighted by Crippen LogP contribution is 2.45. The SMILES string of the molecule is CCC(C)c1ccc(P(C2=CCCC=C2)c2ccccc2)cc1. The summed E-state index contributed by atoms with van der Waals surface area (Å²) < 4.78 is 0. The molecule has 0 nitrogen and oxygen atoms in total. The molecule has 0 N–H and O–H groups in total. The van der Waals surface area contributed by atoms with Crippen LogP contribution in [0.15, 0.2) is 78.1 Å². The zero-order valence-electron chi connectivity index (χ0n) is 14.1. The molecule has 0 bridgehead atoms. The van der Waals surface area contributed by atoms with E-state index in [1.807, 2.05) is 0 Å². The van der Waals surface area contributed by atoms with Crippen molar-refractivity contribution in [1.82, 2.24) is 0 Å². The summed E-state index contributed by atoms with van der Waals surface area (Å²) >= 11 is 0. The Balaban J connectivity index is 1.98. The first-order valence-corrected chi connectivity index (χ1v) is 9.95. The maximum absolute atomic E-state index is 2.43. The average molecular weight is 320 g/mol. The van der Waals surface area contributed by atoms with Crippen LogP contribution in [0.4, 0.5) is 0 Å². The van der Waals surface area contributed by atoms with Gasteiger partial charge in [0.15, 0.2) is 0 Å². The molecule has 0 amide bonds. The van der Waals surface area contributed by atoms with Crippen molar-refractivity contribution in [3.63, 3.8) is 0 Å². The molecular formula is C22H25P. The van der Waals surface area contributed by atoms with E-state index in [0.717, 1.165) is 0 Å². The molecule has 118 valence electrons. The lowest BCUT2D eigenvalue weighted by Gasteiger charge is -2.22. The van der Waals surface area contributed by atoms with E-state index in [1.54, 1.807) is 0 Å². The largest absolute Gasteiger partial charge is 0.0836 e. The molecule has 0 radical (unpaired) electrons. The van der Waals surface area contributed by atoms with Gasteiger partial charge in [0, 0.05) is 0 Å². The molecule has 0 saturated carbocycles. The van der Waals surface area contributed by atoms with Crippen LogP contribution in [0.5, 0.6) is 0 Å². The van der Waals surface area contributed by atoms with Gasteiger partial charge in [-0.1, -0.05) is 86.7 Å². The van der Waals surface area contributed by atoms with E-state index >= 15 is 0 Å². The van der Waals surface area contributed by atoms with Crippen molar-refractivity contribution in [2.75, 3.05) is 0 Å². The first-order chi connectivity index (χ1) is 11.3. The summed E-state index contributed by atoms with van der Waals surface area (Å²) in [6.45, 7) is 4.56. The highest BCUT2D eigenvalue weighted by molar-refractivity contribution is 7.77. The fourth-order valence-electron chi connectivity index (χ4n) is 2.98. The third-order valence-corrected chi connectivity index (χ3v) is 7.06. The molecule has 1 aliphatic carbocycles. The number of hydrogen-bond acceptors (Lipinski definition) is 0. The lowest BCUT2D eigenvalue weighted by atomic mass is 9.99. The van der Waals surface area contributed by atoms with Gasteiger partial charge in [-0.3, -0.25) is 0 Å². The maximum Gasteiger partial charge on any atom is -0.0138 e. The molecule has 0 heterocycles. The Morgan fingerprint density at radius 1 is 0.913 bits per heavy atom. The second-order valence-electron chi connectivity index (χ2n) is 6.18. The molecule has 2 aromatic carbocycles. The molecule has 0 saturated heterocycles. The molecular weight excluding hydrogens is 295 g/mol. The minimum absolute atomic E-state index is 0.431. The van der Waals surface area contributed by atoms with Gasteiger partial charge >= 0.3 is 0 Å². The average Bonchev–Trinajstić information content (AvgIpc) is 2.64. The fourth-order valence-corrected chi connectivity index (χ4v) is 5.36. The zero-order valence-corrected chi connectivity index (χ0v) is 15.0. The van der Waals surface area contributed by atoms with Gasteiger partial charge in [0.2, 0.25) is 0 Å². The maximum atomic E-state index is 2.43. The molecule has 0 spiro atoms. The molecule has 2 unspecified atom stereocenters. The first kappa shape index (κ1) is 16.2. The number of allylic oxidation sites excluding steroid dienone is 4. The molecule has 1 aliphatic rings. The van der Waals surface area contributed by atoms with Crippen molar-refractivity contribution in [1.29, 1.82) is 0 Å². The summed E-state index contributed by atoms with van der Waals surface area (Å²) in [5, 5.41) is 4.39. The first-order valence-electron chi connectivity index (χ1n) is 8.61. The van der Waals surface area contributed by atoms with Crippen LogP contribution in [0, 0.1) is 0 Å². The normalized spacial score (nSPS) is 16.7. The molecule has 3 rings (SSSR count). The Morgan fingerprint density at radius 2 is 1.61 bits per heavy atom. The minimum atomic E-state index is -0.431. The number of hydrogen-bond donors (Lipinski definition) is 0. The van der Waals surface area contributed by atoms with Gasteiger partial charge in [0.05, 0.1) is 0 Å². The summed E-state index contributed by atoms with van der Waals surface area (Å²) in [5.41, 5.74) is 1.45. The highest BCUT2D eigenvalue weighted by atomic mass is 31.1. The molecule has 0 aromatic heterocycles. The molecule has 2 atom stereocenters. The zero-order chi connectivity index (χ0) is 16.1. The monoisotopic (exact) mass is 320 g/mol. The Labute approximate surface area is 141 Å². The lowest BCUT2D eigenvalue weighted by molar-refractivity contribution is 0.734. The second kappa shape index (κ2) is 7.75. The predicted molar refractivity (Wildman–Crippen MR) is 104 cm³/mol. The van der Waals surface area contributed by atoms with Crippen LogP contribution in [0.3, 0.4) is 0 Å². The summed E-state index contributed by atoms with van der Waals surface area (Å²) in [7, 11) is -0.431. The Morgan fingerprint density at radius 3 is 2.22 bits per heavy atom. The van der Waals surface area contributed by atoms with Gasteiger partial charge in [-0.25, -0.2) is 0 Å². The topological polar surface area (TPSA) is 0 Å². The van der Waals surface area contributed by atoms with Crippen molar-refractivity contribution >= 4 is 18.5 Å². The molecule has 0 aliphatic heterocycles. The highest BCUT2D eigenvalue weighted by Gasteiger charge is 2.18. The van der Waals surface area contributed by atoms with Crippen LogP contribution < -0.4 is 10.6 Å². The second-order valence-corrected chi connectivity index (χ2v) is 8.40. The Hall–Kier alpha value is -1.65. The molecule has 2 aromatic rings. The van der Waals surface area contributed by atoms with Crippen molar-refractivity contribution in [2.24, 2.45) is 0 Å². The van der Waals surface area contributed by atoms with E-state index in [1.165, 1.54) is 40.7 Å². The van der Waals surface area contributed by atoms with E-state index < -0.39 is 7.92 Å². The molecule has 23 heavy (non-hydrogen) atoms. The van der Waals surface area contributed by atoms with Crippen LogP contribution in [0.2, 0.25) is 0 Å². The third-order valence-electron chi connectivity index (χ3n) is 4.58. The van der Waals surface area contributed by atoms with Crippen LogP contribution >= 0.6 is 7.92 Å². The van der Waals surface area contributed by atoms with Gasteiger partial charge in [-0.15, -0.1) is 0 Å². The summed E-state index contributed by atoms with van der Waals surface area (Å²) in [5.74, 6) is 0.640. The van der Waals surface area contributed by atoms with Gasteiger partial charge in [-0.05, 0) is 54.6 Å². The summed E-state index contributed by atoms with van der Waals surface area (Å²) in [4.78, 5) is 0. The van der Waals surface area contributed by atoms with E-state index in [-0.39, 0.29) is 0 Å². The van der Waals surface area contributed by atoms with Crippen molar-refractivity contribution in [2.45, 2.75) is 39.0 Å². The van der Waals surface area contributed by atoms with Gasteiger partial charge < -0.3 is 0 Å². The van der Waals surface area contributed by atoms with Crippen LogP contribution in [-0.2, 0) is 0 Å². The standard InChI is InChI=1S/C22H25P/c1-3-18(2)19-14-16-22(17-15-19)23(20-10-6-4-7-11-20)21-12-8-5-9-13-21/h4,6-8,10-18H,3,5,9H2,1-2H3. The predicted octanol–water partition coefficient (Wildman–Crippen LogP) is 5.87. The molecule has 0 fully saturated rings. The Kier molecular flexibility index (Phi) is 5.47. The number of benzene rings is 2. The van der Waals surface area contributed by atoms with E-state index in [9.17, 15) is 0 Å².